The molecular formula is C14H17NO2. The van der Waals surface area contributed by atoms with Crippen molar-refractivity contribution in [3.63, 3.8) is 0 Å². The van der Waals surface area contributed by atoms with Crippen molar-refractivity contribution in [3.8, 4) is 6.07 Å². The zero-order chi connectivity index (χ0) is 12.4. The van der Waals surface area contributed by atoms with E-state index in [4.69, 9.17) is 5.26 Å². The summed E-state index contributed by atoms with van der Waals surface area (Å²) in [5, 5.41) is 18.4. The van der Waals surface area contributed by atoms with Crippen LogP contribution in [0, 0.1) is 22.2 Å². The molecule has 0 aliphatic heterocycles. The highest BCUT2D eigenvalue weighted by molar-refractivity contribution is 5.77. The number of carboxylic acid groups (broad SMARTS) is 1. The number of carbonyl (C=O) groups is 1. The van der Waals surface area contributed by atoms with Crippen LogP contribution in [0.15, 0.2) is 24.3 Å². The van der Waals surface area contributed by atoms with Crippen LogP contribution in [0.3, 0.4) is 0 Å². The fourth-order valence-electron chi connectivity index (χ4n) is 3.32. The van der Waals surface area contributed by atoms with Crippen molar-refractivity contribution in [2.24, 2.45) is 10.8 Å². The number of fused-ring (bicyclic) bond motifs is 1. The van der Waals surface area contributed by atoms with E-state index < -0.39 is 11.4 Å². The molecule has 2 aliphatic carbocycles. The molecule has 0 aromatic carbocycles. The number of nitrogens with zero attached hydrogens (tertiary/aromatic N) is 1. The van der Waals surface area contributed by atoms with Gasteiger partial charge in [-0.3, -0.25) is 4.79 Å². The van der Waals surface area contributed by atoms with Gasteiger partial charge in [-0.15, -0.1) is 0 Å². The van der Waals surface area contributed by atoms with E-state index in [-0.39, 0.29) is 5.41 Å². The van der Waals surface area contributed by atoms with E-state index in [1.807, 2.05) is 12.2 Å². The van der Waals surface area contributed by atoms with Crippen LogP contribution in [-0.2, 0) is 4.79 Å². The predicted octanol–water partition coefficient (Wildman–Crippen LogP) is 3.05. The van der Waals surface area contributed by atoms with Crippen LogP contribution in [0.1, 0.15) is 38.5 Å². The first-order chi connectivity index (χ1) is 8.17. The van der Waals surface area contributed by atoms with Crippen LogP contribution in [0.4, 0.5) is 0 Å². The molecule has 0 saturated heterocycles. The average molecular weight is 231 g/mol. The van der Waals surface area contributed by atoms with Gasteiger partial charge in [-0.25, -0.2) is 0 Å². The number of hydrogen-bond acceptors (Lipinski definition) is 2. The molecular weight excluding hydrogens is 214 g/mol. The molecule has 0 spiro atoms. The fraction of sp³-hybridized carbons (Fsp3) is 0.571. The second kappa shape index (κ2) is 4.37. The molecule has 0 fully saturated rings. The topological polar surface area (TPSA) is 61.1 Å². The molecule has 0 amide bonds. The first-order valence-electron chi connectivity index (χ1n) is 6.07. The van der Waals surface area contributed by atoms with Gasteiger partial charge in [0.25, 0.3) is 0 Å². The number of aliphatic carboxylic acids is 1. The Morgan fingerprint density at radius 3 is 2.18 bits per heavy atom. The van der Waals surface area contributed by atoms with Crippen molar-refractivity contribution in [3.05, 3.63) is 24.3 Å². The summed E-state index contributed by atoms with van der Waals surface area (Å²) in [6.45, 7) is 0. The van der Waals surface area contributed by atoms with Gasteiger partial charge in [0, 0.05) is 6.42 Å². The second-order valence-electron chi connectivity index (χ2n) is 5.09. The molecule has 0 saturated carbocycles. The summed E-state index contributed by atoms with van der Waals surface area (Å²) in [5.74, 6) is -0.705. The summed E-state index contributed by atoms with van der Waals surface area (Å²) in [5.41, 5.74) is -0.939. The van der Waals surface area contributed by atoms with Crippen LogP contribution in [-0.4, -0.2) is 11.1 Å². The van der Waals surface area contributed by atoms with Gasteiger partial charge in [-0.2, -0.15) is 5.26 Å². The van der Waals surface area contributed by atoms with Gasteiger partial charge in [0.15, 0.2) is 0 Å². The van der Waals surface area contributed by atoms with Crippen LogP contribution in [0.5, 0.6) is 0 Å². The van der Waals surface area contributed by atoms with Gasteiger partial charge >= 0.3 is 5.97 Å². The predicted molar refractivity (Wildman–Crippen MR) is 64.1 cm³/mol. The summed E-state index contributed by atoms with van der Waals surface area (Å²) in [6, 6.07) is 2.16. The summed E-state index contributed by atoms with van der Waals surface area (Å²) in [6.07, 6.45) is 12.0. The third-order valence-electron chi connectivity index (χ3n) is 4.42. The van der Waals surface area contributed by atoms with E-state index in [9.17, 15) is 9.90 Å². The monoisotopic (exact) mass is 231 g/mol. The van der Waals surface area contributed by atoms with Crippen LogP contribution in [0.25, 0.3) is 0 Å². The maximum atomic E-state index is 11.7. The minimum Gasteiger partial charge on any atom is -0.481 e. The number of carboxylic acids is 1. The van der Waals surface area contributed by atoms with Gasteiger partial charge in [-0.1, -0.05) is 24.3 Å². The molecule has 2 aliphatic rings. The smallest absolute Gasteiger partial charge is 0.310 e. The minimum absolute atomic E-state index is 0.252. The quantitative estimate of drug-likeness (QED) is 0.759. The van der Waals surface area contributed by atoms with Crippen molar-refractivity contribution < 1.29 is 9.90 Å². The molecule has 3 heteroatoms. The Labute approximate surface area is 101 Å². The van der Waals surface area contributed by atoms with E-state index in [0.29, 0.717) is 25.7 Å². The Kier molecular flexibility index (Phi) is 3.06. The highest BCUT2D eigenvalue weighted by Gasteiger charge is 2.55. The SMILES string of the molecule is N#CCCC12CC=CCC1(C(=O)O)CC=CC2. The lowest BCUT2D eigenvalue weighted by atomic mass is 9.51. The highest BCUT2D eigenvalue weighted by Crippen LogP contribution is 2.57. The van der Waals surface area contributed by atoms with Gasteiger partial charge in [0.05, 0.1) is 11.5 Å². The van der Waals surface area contributed by atoms with Gasteiger partial charge < -0.3 is 5.11 Å². The van der Waals surface area contributed by atoms with Gasteiger partial charge in [0.1, 0.15) is 0 Å². The van der Waals surface area contributed by atoms with E-state index in [1.165, 1.54) is 0 Å². The first-order valence-corrected chi connectivity index (χ1v) is 6.07. The Morgan fingerprint density at radius 2 is 1.71 bits per heavy atom. The van der Waals surface area contributed by atoms with Crippen LogP contribution in [0.2, 0.25) is 0 Å². The largest absolute Gasteiger partial charge is 0.481 e. The third kappa shape index (κ3) is 1.68. The van der Waals surface area contributed by atoms with E-state index in [0.717, 1.165) is 12.8 Å². The summed E-state index contributed by atoms with van der Waals surface area (Å²) >= 11 is 0. The molecule has 2 rings (SSSR count). The lowest BCUT2D eigenvalue weighted by Gasteiger charge is -2.50. The lowest BCUT2D eigenvalue weighted by Crippen LogP contribution is -2.49. The molecule has 0 aromatic heterocycles. The molecule has 90 valence electrons. The van der Waals surface area contributed by atoms with E-state index >= 15 is 0 Å². The Morgan fingerprint density at radius 1 is 1.18 bits per heavy atom. The van der Waals surface area contributed by atoms with Crippen molar-refractivity contribution in [2.45, 2.75) is 38.5 Å². The Balaban J connectivity index is 2.41. The number of allylic oxidation sites excluding steroid dienone is 4. The van der Waals surface area contributed by atoms with Crippen molar-refractivity contribution in [1.29, 1.82) is 5.26 Å². The molecule has 17 heavy (non-hydrogen) atoms. The number of nitriles is 1. The zero-order valence-corrected chi connectivity index (χ0v) is 9.85. The lowest BCUT2D eigenvalue weighted by molar-refractivity contribution is -0.160. The Bertz CT molecular complexity index is 396. The third-order valence-corrected chi connectivity index (χ3v) is 4.42. The maximum Gasteiger partial charge on any atom is 0.310 e. The molecule has 0 radical (unpaired) electrons. The van der Waals surface area contributed by atoms with Crippen molar-refractivity contribution in [1.82, 2.24) is 0 Å². The normalized spacial score (nSPS) is 35.0. The maximum absolute atomic E-state index is 11.7. The number of rotatable bonds is 3. The van der Waals surface area contributed by atoms with Gasteiger partial charge in [0.2, 0.25) is 0 Å². The van der Waals surface area contributed by atoms with E-state index in [1.54, 1.807) is 0 Å². The fourth-order valence-corrected chi connectivity index (χ4v) is 3.32. The first kappa shape index (κ1) is 11.9. The van der Waals surface area contributed by atoms with Gasteiger partial charge in [-0.05, 0) is 37.5 Å². The van der Waals surface area contributed by atoms with Crippen LogP contribution < -0.4 is 0 Å². The number of hydrogen-bond donors (Lipinski definition) is 1. The standard InChI is InChI=1S/C14H17NO2/c15-11-5-8-13-6-1-3-9-14(13,12(16)17)10-4-2-7-13/h1-4H,5-10H2,(H,16,17). The van der Waals surface area contributed by atoms with E-state index in [2.05, 4.69) is 18.2 Å². The molecule has 0 atom stereocenters. The minimum atomic E-state index is -0.705. The molecule has 0 heterocycles. The Hall–Kier alpha value is -1.56. The molecule has 3 nitrogen and oxygen atoms in total. The second-order valence-corrected chi connectivity index (χ2v) is 5.09. The molecule has 0 bridgehead atoms. The van der Waals surface area contributed by atoms with Crippen LogP contribution >= 0.6 is 0 Å². The van der Waals surface area contributed by atoms with Crippen molar-refractivity contribution in [2.75, 3.05) is 0 Å². The highest BCUT2D eigenvalue weighted by atomic mass is 16.4. The zero-order valence-electron chi connectivity index (χ0n) is 9.85. The summed E-state index contributed by atoms with van der Waals surface area (Å²) < 4.78 is 0. The molecule has 0 aromatic rings. The molecule has 1 N–H and O–H groups in total. The molecule has 0 unspecified atom stereocenters. The summed E-state index contributed by atoms with van der Waals surface area (Å²) in [4.78, 5) is 11.7. The average Bonchev–Trinajstić information content (AvgIpc) is 2.36. The van der Waals surface area contributed by atoms with Crippen molar-refractivity contribution >= 4 is 5.97 Å². The summed E-state index contributed by atoms with van der Waals surface area (Å²) in [7, 11) is 0.